The fourth-order valence-corrected chi connectivity index (χ4v) is 2.15. The van der Waals surface area contributed by atoms with Crippen LogP contribution in [0.5, 0.6) is 11.5 Å². The zero-order valence-electron chi connectivity index (χ0n) is 13.1. The Morgan fingerprint density at radius 1 is 1.00 bits per heavy atom. The first kappa shape index (κ1) is 20.1. The Hall–Kier alpha value is -1.92. The lowest BCUT2D eigenvalue weighted by molar-refractivity contribution is -0.275. The van der Waals surface area contributed by atoms with Gasteiger partial charge in [0.1, 0.15) is 6.61 Å². The number of alkyl halides is 3. The molecule has 7 heteroatoms. The van der Waals surface area contributed by atoms with E-state index in [0.717, 1.165) is 23.1 Å². The average Bonchev–Trinajstić information content (AvgIpc) is 2.52. The maximum absolute atomic E-state index is 12.5. The molecule has 0 fully saturated rings. The molecule has 2 aromatic carbocycles. The molecule has 0 spiro atoms. The number of hydrogen-bond donors (Lipinski definition) is 1. The smallest absolute Gasteiger partial charge is 0.488 e. The number of nitrogens with two attached hydrogens (primary N) is 1. The van der Waals surface area contributed by atoms with E-state index in [9.17, 15) is 13.2 Å². The zero-order valence-corrected chi connectivity index (χ0v) is 13.9. The molecule has 0 heterocycles. The maximum Gasteiger partial charge on any atom is 0.573 e. The van der Waals surface area contributed by atoms with Gasteiger partial charge < -0.3 is 15.2 Å². The Morgan fingerprint density at radius 3 is 2.33 bits per heavy atom. The molecule has 0 saturated heterocycles. The maximum atomic E-state index is 12.5. The second-order valence-corrected chi connectivity index (χ2v) is 4.90. The second kappa shape index (κ2) is 8.80. The fraction of sp³-hybridized carbons (Fsp3) is 0.294. The Morgan fingerprint density at radius 2 is 1.71 bits per heavy atom. The van der Waals surface area contributed by atoms with Gasteiger partial charge in [0.2, 0.25) is 0 Å². The van der Waals surface area contributed by atoms with Crippen molar-refractivity contribution in [1.82, 2.24) is 0 Å². The minimum atomic E-state index is -4.77. The van der Waals surface area contributed by atoms with Crippen molar-refractivity contribution in [3.8, 4) is 22.6 Å². The minimum absolute atomic E-state index is 0. The largest absolute Gasteiger partial charge is 0.573 e. The highest BCUT2D eigenvalue weighted by Gasteiger charge is 2.32. The van der Waals surface area contributed by atoms with E-state index in [0.29, 0.717) is 0 Å². The first-order chi connectivity index (χ1) is 10.9. The van der Waals surface area contributed by atoms with Crippen molar-refractivity contribution >= 4 is 12.4 Å². The van der Waals surface area contributed by atoms with Crippen LogP contribution in [0, 0.1) is 0 Å². The molecule has 0 aliphatic heterocycles. The normalized spacial score (nSPS) is 10.9. The highest BCUT2D eigenvalue weighted by Crippen LogP contribution is 2.36. The molecule has 2 N–H and O–H groups in total. The van der Waals surface area contributed by atoms with Crippen LogP contribution < -0.4 is 15.2 Å². The summed E-state index contributed by atoms with van der Waals surface area (Å²) in [6.45, 7) is 2.34. The van der Waals surface area contributed by atoms with E-state index in [4.69, 9.17) is 10.5 Å². The molecule has 0 unspecified atom stereocenters. The average molecular weight is 362 g/mol. The van der Waals surface area contributed by atoms with Gasteiger partial charge in [-0.3, -0.25) is 0 Å². The van der Waals surface area contributed by atoms with Gasteiger partial charge in [0.15, 0.2) is 11.5 Å². The highest BCUT2D eigenvalue weighted by atomic mass is 35.5. The molecule has 0 atom stereocenters. The van der Waals surface area contributed by atoms with Gasteiger partial charge in [0.25, 0.3) is 0 Å². The van der Waals surface area contributed by atoms with Gasteiger partial charge in [-0.15, -0.1) is 25.6 Å². The van der Waals surface area contributed by atoms with Crippen LogP contribution in [0.4, 0.5) is 13.2 Å². The lowest BCUT2D eigenvalue weighted by Gasteiger charge is -2.15. The number of benzene rings is 2. The van der Waals surface area contributed by atoms with E-state index in [1.165, 1.54) is 12.1 Å². The fourth-order valence-electron chi connectivity index (χ4n) is 2.15. The second-order valence-electron chi connectivity index (χ2n) is 4.90. The van der Waals surface area contributed by atoms with Crippen molar-refractivity contribution in [3.63, 3.8) is 0 Å². The molecule has 0 aliphatic rings. The van der Waals surface area contributed by atoms with Crippen LogP contribution in [-0.2, 0) is 6.42 Å². The summed E-state index contributed by atoms with van der Waals surface area (Å²) >= 11 is 0. The lowest BCUT2D eigenvalue weighted by atomic mass is 10.0. The number of aryl methyl sites for hydroxylation is 1. The summed E-state index contributed by atoms with van der Waals surface area (Å²) < 4.78 is 46.7. The molecular weight excluding hydrogens is 343 g/mol. The minimum Gasteiger partial charge on any atom is -0.488 e. The van der Waals surface area contributed by atoms with Crippen molar-refractivity contribution in [2.45, 2.75) is 19.7 Å². The molecular formula is C17H19ClF3NO2. The van der Waals surface area contributed by atoms with Gasteiger partial charge in [0, 0.05) is 6.54 Å². The van der Waals surface area contributed by atoms with E-state index in [2.05, 4.69) is 4.74 Å². The molecule has 132 valence electrons. The van der Waals surface area contributed by atoms with Gasteiger partial charge >= 0.3 is 6.36 Å². The molecule has 0 bridgehead atoms. The quantitative estimate of drug-likeness (QED) is 0.819. The molecule has 0 amide bonds. The summed E-state index contributed by atoms with van der Waals surface area (Å²) in [6, 6.07) is 12.2. The molecule has 24 heavy (non-hydrogen) atoms. The Balaban J connectivity index is 0.00000288. The van der Waals surface area contributed by atoms with Gasteiger partial charge in [-0.05, 0) is 35.2 Å². The van der Waals surface area contributed by atoms with E-state index < -0.39 is 6.36 Å². The summed E-state index contributed by atoms with van der Waals surface area (Å²) in [5, 5.41) is 0. The van der Waals surface area contributed by atoms with Crippen LogP contribution >= 0.6 is 12.4 Å². The molecule has 0 saturated carbocycles. The zero-order chi connectivity index (χ0) is 16.9. The molecule has 3 nitrogen and oxygen atoms in total. The topological polar surface area (TPSA) is 44.5 Å². The van der Waals surface area contributed by atoms with Crippen molar-refractivity contribution < 1.29 is 22.6 Å². The Bertz CT molecular complexity index is 663. The van der Waals surface area contributed by atoms with E-state index in [1.54, 1.807) is 6.07 Å². The van der Waals surface area contributed by atoms with Crippen molar-refractivity contribution in [2.24, 2.45) is 5.73 Å². The first-order valence-electron chi connectivity index (χ1n) is 7.25. The van der Waals surface area contributed by atoms with Crippen molar-refractivity contribution in [2.75, 3.05) is 13.2 Å². The third kappa shape index (κ3) is 5.62. The third-order valence-corrected chi connectivity index (χ3v) is 3.21. The molecule has 2 rings (SSSR count). The number of ether oxygens (including phenoxy) is 2. The van der Waals surface area contributed by atoms with Crippen LogP contribution in [-0.4, -0.2) is 19.5 Å². The summed E-state index contributed by atoms with van der Waals surface area (Å²) in [7, 11) is 0. The first-order valence-corrected chi connectivity index (χ1v) is 7.25. The Kier molecular flexibility index (Phi) is 7.38. The van der Waals surface area contributed by atoms with Gasteiger partial charge in [-0.1, -0.05) is 37.3 Å². The monoisotopic (exact) mass is 361 g/mol. The molecule has 0 aromatic heterocycles. The summed E-state index contributed by atoms with van der Waals surface area (Å²) in [5.41, 5.74) is 8.15. The summed E-state index contributed by atoms with van der Waals surface area (Å²) in [4.78, 5) is 0. The number of rotatable bonds is 6. The molecule has 0 radical (unpaired) electrons. The summed E-state index contributed by atoms with van der Waals surface area (Å²) in [6.07, 6.45) is -3.90. The van der Waals surface area contributed by atoms with E-state index in [-0.39, 0.29) is 37.1 Å². The lowest BCUT2D eigenvalue weighted by Crippen LogP contribution is -2.18. The van der Waals surface area contributed by atoms with Gasteiger partial charge in [0.05, 0.1) is 0 Å². The van der Waals surface area contributed by atoms with Gasteiger partial charge in [-0.2, -0.15) is 0 Å². The third-order valence-electron chi connectivity index (χ3n) is 3.21. The van der Waals surface area contributed by atoms with Crippen LogP contribution in [0.1, 0.15) is 12.5 Å². The SMILES string of the molecule is CCc1cccc(-c2ccc(OC(F)(F)F)c(OCCN)c2)c1.Cl. The van der Waals surface area contributed by atoms with Crippen molar-refractivity contribution in [3.05, 3.63) is 48.0 Å². The highest BCUT2D eigenvalue weighted by molar-refractivity contribution is 5.85. The van der Waals surface area contributed by atoms with Crippen LogP contribution in [0.3, 0.4) is 0 Å². The summed E-state index contributed by atoms with van der Waals surface area (Å²) in [5.74, 6) is -0.353. The Labute approximate surface area is 145 Å². The predicted octanol–water partition coefficient (Wildman–Crippen LogP) is 4.57. The van der Waals surface area contributed by atoms with Gasteiger partial charge in [-0.25, -0.2) is 0 Å². The number of hydrogen-bond acceptors (Lipinski definition) is 3. The van der Waals surface area contributed by atoms with Crippen LogP contribution in [0.15, 0.2) is 42.5 Å². The standard InChI is InChI=1S/C17H18F3NO2.ClH/c1-2-12-4-3-5-13(10-12)14-6-7-15(23-17(18,19)20)16(11-14)22-9-8-21;/h3-7,10-11H,2,8-9,21H2,1H3;1H. The predicted molar refractivity (Wildman–Crippen MR) is 89.7 cm³/mol. The van der Waals surface area contributed by atoms with Crippen molar-refractivity contribution in [1.29, 1.82) is 0 Å². The molecule has 2 aromatic rings. The molecule has 0 aliphatic carbocycles. The van der Waals surface area contributed by atoms with Crippen LogP contribution in [0.25, 0.3) is 11.1 Å². The van der Waals surface area contributed by atoms with E-state index >= 15 is 0 Å². The van der Waals surface area contributed by atoms with E-state index in [1.807, 2.05) is 31.2 Å². The number of halogens is 4. The van der Waals surface area contributed by atoms with Crippen LogP contribution in [0.2, 0.25) is 0 Å².